The molecule has 2 nitrogen and oxygen atoms in total. The van der Waals surface area contributed by atoms with E-state index in [-0.39, 0.29) is 31.7 Å². The molecule has 1 saturated carbocycles. The van der Waals surface area contributed by atoms with Gasteiger partial charge in [0.2, 0.25) is 0 Å². The summed E-state index contributed by atoms with van der Waals surface area (Å²) in [6.45, 7) is 1.84. The Morgan fingerprint density at radius 1 is 1.50 bits per heavy atom. The minimum atomic E-state index is -4.25. The van der Waals surface area contributed by atoms with Crippen molar-refractivity contribution in [1.82, 2.24) is 0 Å². The number of alkyl halides is 3. The monoisotopic (exact) mass is 210 g/mol. The quantitative estimate of drug-likeness (QED) is 0.699. The van der Waals surface area contributed by atoms with E-state index in [9.17, 15) is 18.0 Å². The number of ketones is 1. The number of ether oxygens (including phenoxy) is 1. The molecular weight excluding hydrogens is 197 g/mol. The van der Waals surface area contributed by atoms with Crippen LogP contribution in [-0.4, -0.2) is 24.7 Å². The fourth-order valence-corrected chi connectivity index (χ4v) is 1.73. The summed E-state index contributed by atoms with van der Waals surface area (Å²) < 4.78 is 42.3. The molecule has 0 saturated heterocycles. The van der Waals surface area contributed by atoms with E-state index in [1.54, 1.807) is 6.92 Å². The lowest BCUT2D eigenvalue weighted by molar-refractivity contribution is -0.213. The van der Waals surface area contributed by atoms with Crippen LogP contribution >= 0.6 is 0 Å². The van der Waals surface area contributed by atoms with Gasteiger partial charge in [0.05, 0.1) is 12.0 Å². The van der Waals surface area contributed by atoms with Crippen molar-refractivity contribution in [2.24, 2.45) is 5.92 Å². The number of halogens is 3. The zero-order valence-electron chi connectivity index (χ0n) is 7.93. The Labute approximate surface area is 80.4 Å². The maximum atomic E-state index is 12.5. The summed E-state index contributed by atoms with van der Waals surface area (Å²) in [4.78, 5) is 11.0. The van der Waals surface area contributed by atoms with Crippen molar-refractivity contribution in [2.45, 2.75) is 38.5 Å². The summed E-state index contributed by atoms with van der Waals surface area (Å²) in [5.74, 6) is -1.61. The maximum absolute atomic E-state index is 12.5. The van der Waals surface area contributed by atoms with Gasteiger partial charge in [-0.25, -0.2) is 0 Å². The summed E-state index contributed by atoms with van der Waals surface area (Å²) in [6, 6.07) is 0. The van der Waals surface area contributed by atoms with E-state index in [0.29, 0.717) is 0 Å². The van der Waals surface area contributed by atoms with Gasteiger partial charge in [0.1, 0.15) is 5.78 Å². The summed E-state index contributed by atoms with van der Waals surface area (Å²) >= 11 is 0. The van der Waals surface area contributed by atoms with E-state index < -0.39 is 18.2 Å². The fraction of sp³-hybridized carbons (Fsp3) is 0.889. The second-order valence-electron chi connectivity index (χ2n) is 3.42. The van der Waals surface area contributed by atoms with Gasteiger partial charge in [-0.2, -0.15) is 13.2 Å². The lowest BCUT2D eigenvalue weighted by Gasteiger charge is -2.31. The summed E-state index contributed by atoms with van der Waals surface area (Å²) in [6.07, 6.45) is -5.43. The van der Waals surface area contributed by atoms with E-state index in [2.05, 4.69) is 0 Å². The van der Waals surface area contributed by atoms with Crippen LogP contribution in [0.2, 0.25) is 0 Å². The molecule has 82 valence electrons. The fourth-order valence-electron chi connectivity index (χ4n) is 1.73. The van der Waals surface area contributed by atoms with E-state index >= 15 is 0 Å². The van der Waals surface area contributed by atoms with Gasteiger partial charge in [-0.1, -0.05) is 0 Å². The van der Waals surface area contributed by atoms with Gasteiger partial charge >= 0.3 is 6.18 Å². The molecule has 5 heteroatoms. The maximum Gasteiger partial charge on any atom is 0.394 e. The smallest absolute Gasteiger partial charge is 0.377 e. The Balaban J connectivity index is 2.67. The van der Waals surface area contributed by atoms with Gasteiger partial charge in [-0.05, 0) is 13.3 Å². The first-order valence-electron chi connectivity index (χ1n) is 4.65. The summed E-state index contributed by atoms with van der Waals surface area (Å²) in [5.41, 5.74) is 0. The van der Waals surface area contributed by atoms with Crippen LogP contribution in [0.5, 0.6) is 0 Å². The number of carbonyl (C=O) groups is 1. The molecule has 0 aromatic rings. The van der Waals surface area contributed by atoms with E-state index in [4.69, 9.17) is 4.74 Å². The third-order valence-electron chi connectivity index (χ3n) is 2.41. The van der Waals surface area contributed by atoms with Crippen molar-refractivity contribution >= 4 is 5.78 Å². The minimum absolute atomic E-state index is 0.0216. The predicted octanol–water partition coefficient (Wildman–Crippen LogP) is 2.32. The highest BCUT2D eigenvalue weighted by Crippen LogP contribution is 2.38. The second kappa shape index (κ2) is 4.29. The topological polar surface area (TPSA) is 26.3 Å². The highest BCUT2D eigenvalue weighted by molar-refractivity contribution is 5.79. The van der Waals surface area contributed by atoms with Crippen LogP contribution in [0.4, 0.5) is 13.2 Å². The van der Waals surface area contributed by atoms with Gasteiger partial charge in [0.15, 0.2) is 0 Å². The number of Topliss-reactive ketones (excluding diaryl/α,β-unsaturated/α-hetero) is 1. The highest BCUT2D eigenvalue weighted by atomic mass is 19.4. The first kappa shape index (κ1) is 11.5. The van der Waals surface area contributed by atoms with Gasteiger partial charge in [-0.3, -0.25) is 4.79 Å². The molecule has 0 aromatic heterocycles. The standard InChI is InChI=1S/C9H13F3O2/c1-2-14-8-5-6(13)3-4-7(8)9(10,11)12/h7-8H,2-5H2,1H3. The molecule has 14 heavy (non-hydrogen) atoms. The Morgan fingerprint density at radius 3 is 2.64 bits per heavy atom. The van der Waals surface area contributed by atoms with Crippen molar-refractivity contribution in [2.75, 3.05) is 6.61 Å². The van der Waals surface area contributed by atoms with Crippen LogP contribution < -0.4 is 0 Å². The molecule has 0 aromatic carbocycles. The van der Waals surface area contributed by atoms with Crippen LogP contribution in [0, 0.1) is 5.92 Å². The van der Waals surface area contributed by atoms with E-state index in [1.807, 2.05) is 0 Å². The van der Waals surface area contributed by atoms with Gasteiger partial charge in [-0.15, -0.1) is 0 Å². The number of hydrogen-bond acceptors (Lipinski definition) is 2. The van der Waals surface area contributed by atoms with Crippen molar-refractivity contribution in [3.8, 4) is 0 Å². The van der Waals surface area contributed by atoms with Crippen LogP contribution in [0.25, 0.3) is 0 Å². The van der Waals surface area contributed by atoms with Gasteiger partial charge < -0.3 is 4.74 Å². The Morgan fingerprint density at radius 2 is 2.14 bits per heavy atom. The van der Waals surface area contributed by atoms with E-state index in [0.717, 1.165) is 0 Å². The molecule has 0 amide bonds. The van der Waals surface area contributed by atoms with Crippen molar-refractivity contribution in [3.05, 3.63) is 0 Å². The largest absolute Gasteiger partial charge is 0.394 e. The summed E-state index contributed by atoms with van der Waals surface area (Å²) in [7, 11) is 0. The molecular formula is C9H13F3O2. The molecule has 1 fully saturated rings. The van der Waals surface area contributed by atoms with Crippen LogP contribution in [0.3, 0.4) is 0 Å². The van der Waals surface area contributed by atoms with Crippen LogP contribution in [0.15, 0.2) is 0 Å². The first-order valence-corrected chi connectivity index (χ1v) is 4.65. The lowest BCUT2D eigenvalue weighted by atomic mass is 9.85. The lowest BCUT2D eigenvalue weighted by Crippen LogP contribution is -2.40. The zero-order chi connectivity index (χ0) is 10.8. The molecule has 2 unspecified atom stereocenters. The summed E-state index contributed by atoms with van der Waals surface area (Å²) in [5, 5.41) is 0. The molecule has 0 N–H and O–H groups in total. The number of rotatable bonds is 2. The molecule has 1 aliphatic rings. The number of hydrogen-bond donors (Lipinski definition) is 0. The predicted molar refractivity (Wildman–Crippen MR) is 43.8 cm³/mol. The molecule has 1 rings (SSSR count). The van der Waals surface area contributed by atoms with Gasteiger partial charge in [0, 0.05) is 19.4 Å². The second-order valence-corrected chi connectivity index (χ2v) is 3.42. The first-order chi connectivity index (χ1) is 6.45. The normalized spacial score (nSPS) is 29.3. The molecule has 0 bridgehead atoms. The van der Waals surface area contributed by atoms with Gasteiger partial charge in [0.25, 0.3) is 0 Å². The van der Waals surface area contributed by atoms with Crippen molar-refractivity contribution in [3.63, 3.8) is 0 Å². The molecule has 2 atom stereocenters. The van der Waals surface area contributed by atoms with Crippen LogP contribution in [0.1, 0.15) is 26.2 Å². The SMILES string of the molecule is CCOC1CC(=O)CCC1C(F)(F)F. The number of carbonyl (C=O) groups excluding carboxylic acids is 1. The zero-order valence-corrected chi connectivity index (χ0v) is 7.93. The molecule has 0 aliphatic heterocycles. The average Bonchev–Trinajstić information content (AvgIpc) is 2.02. The molecule has 0 radical (unpaired) electrons. The Kier molecular flexibility index (Phi) is 3.53. The average molecular weight is 210 g/mol. The molecule has 1 aliphatic carbocycles. The van der Waals surface area contributed by atoms with Crippen molar-refractivity contribution < 1.29 is 22.7 Å². The highest BCUT2D eigenvalue weighted by Gasteiger charge is 2.47. The Bertz CT molecular complexity index is 213. The minimum Gasteiger partial charge on any atom is -0.377 e. The van der Waals surface area contributed by atoms with Crippen molar-refractivity contribution in [1.29, 1.82) is 0 Å². The third-order valence-corrected chi connectivity index (χ3v) is 2.41. The Hall–Kier alpha value is -0.580. The molecule has 0 spiro atoms. The molecule has 0 heterocycles. The third kappa shape index (κ3) is 2.70. The van der Waals surface area contributed by atoms with E-state index in [1.165, 1.54) is 0 Å². The van der Waals surface area contributed by atoms with Crippen LogP contribution in [-0.2, 0) is 9.53 Å².